The molecular weight excluding hydrogens is 422 g/mol. The van der Waals surface area contributed by atoms with Crippen LogP contribution in [0.25, 0.3) is 6.08 Å². The van der Waals surface area contributed by atoms with E-state index in [0.717, 1.165) is 21.2 Å². The molecule has 1 heterocycles. The first-order chi connectivity index (χ1) is 12.7. The van der Waals surface area contributed by atoms with Crippen molar-refractivity contribution in [2.24, 2.45) is 5.41 Å². The van der Waals surface area contributed by atoms with Crippen molar-refractivity contribution in [1.29, 1.82) is 0 Å². The summed E-state index contributed by atoms with van der Waals surface area (Å²) >= 11 is 3.43. The Balaban J connectivity index is 1.96. The summed E-state index contributed by atoms with van der Waals surface area (Å²) in [5, 5.41) is 0. The fourth-order valence-electron chi connectivity index (χ4n) is 2.75. The van der Waals surface area contributed by atoms with Crippen LogP contribution in [0.15, 0.2) is 81.5 Å². The van der Waals surface area contributed by atoms with Gasteiger partial charge in [-0.15, -0.1) is 5.73 Å². The van der Waals surface area contributed by atoms with Crippen LogP contribution >= 0.6 is 15.9 Å². The van der Waals surface area contributed by atoms with Crippen LogP contribution in [-0.2, 0) is 10.0 Å². The average molecular weight is 444 g/mol. The van der Waals surface area contributed by atoms with Crippen LogP contribution in [0.2, 0.25) is 0 Å². The van der Waals surface area contributed by atoms with E-state index in [4.69, 9.17) is 0 Å². The van der Waals surface area contributed by atoms with Gasteiger partial charge in [-0.2, -0.15) is 0 Å². The Hall–Kier alpha value is -2.07. The second-order valence-corrected chi connectivity index (χ2v) is 10.0. The quantitative estimate of drug-likeness (QED) is 0.583. The number of allylic oxidation sites excluding steroid dienone is 1. The lowest BCUT2D eigenvalue weighted by Crippen LogP contribution is -2.35. The van der Waals surface area contributed by atoms with E-state index < -0.39 is 10.0 Å². The maximum absolute atomic E-state index is 13.0. The standard InChI is InChI=1S/C22H22BrNO2S/c1-17-4-12-21(13-5-17)27(25,26)24-15-14-22(2,3)19(16-24)9-6-18-7-10-20(23)11-8-18/h4-8,10-15H,16H2,1-3H3. The highest BCUT2D eigenvalue weighted by atomic mass is 79.9. The van der Waals surface area contributed by atoms with Gasteiger partial charge in [-0.1, -0.05) is 65.7 Å². The smallest absolute Gasteiger partial charge is 0.264 e. The molecule has 0 unspecified atom stereocenters. The zero-order valence-electron chi connectivity index (χ0n) is 15.6. The molecule has 0 aliphatic carbocycles. The molecule has 0 atom stereocenters. The molecule has 0 spiro atoms. The summed E-state index contributed by atoms with van der Waals surface area (Å²) < 4.78 is 28.4. The van der Waals surface area contributed by atoms with Gasteiger partial charge in [-0.3, -0.25) is 4.31 Å². The lowest BCUT2D eigenvalue weighted by atomic mass is 9.83. The highest BCUT2D eigenvalue weighted by Gasteiger charge is 2.31. The van der Waals surface area contributed by atoms with Crippen molar-refractivity contribution < 1.29 is 8.42 Å². The molecule has 1 aliphatic rings. The molecule has 0 bridgehead atoms. The van der Waals surface area contributed by atoms with E-state index in [0.29, 0.717) is 4.90 Å². The van der Waals surface area contributed by atoms with E-state index in [1.165, 1.54) is 4.31 Å². The van der Waals surface area contributed by atoms with Gasteiger partial charge >= 0.3 is 0 Å². The van der Waals surface area contributed by atoms with Crippen LogP contribution < -0.4 is 0 Å². The van der Waals surface area contributed by atoms with Crippen LogP contribution in [0.1, 0.15) is 25.0 Å². The molecule has 5 heteroatoms. The lowest BCUT2D eigenvalue weighted by Gasteiger charge is -2.33. The second-order valence-electron chi connectivity index (χ2n) is 7.22. The molecule has 0 aromatic heterocycles. The number of halogens is 1. The summed E-state index contributed by atoms with van der Waals surface area (Å²) in [5.41, 5.74) is 6.04. The minimum Gasteiger partial charge on any atom is -0.269 e. The molecule has 27 heavy (non-hydrogen) atoms. The highest BCUT2D eigenvalue weighted by Crippen LogP contribution is 2.34. The van der Waals surface area contributed by atoms with Crippen molar-refractivity contribution in [2.75, 3.05) is 6.54 Å². The fraction of sp³-hybridized carbons (Fsp3) is 0.227. The number of benzene rings is 2. The number of sulfonamides is 1. The summed E-state index contributed by atoms with van der Waals surface area (Å²) in [4.78, 5) is 0.300. The number of hydrogen-bond acceptors (Lipinski definition) is 2. The lowest BCUT2D eigenvalue weighted by molar-refractivity contribution is 0.446. The van der Waals surface area contributed by atoms with E-state index in [1.54, 1.807) is 18.3 Å². The van der Waals surface area contributed by atoms with E-state index in [2.05, 4.69) is 35.5 Å². The van der Waals surface area contributed by atoms with Crippen LogP contribution in [-0.4, -0.2) is 19.3 Å². The number of rotatable bonds is 3. The van der Waals surface area contributed by atoms with Gasteiger partial charge in [0.2, 0.25) is 0 Å². The summed E-state index contributed by atoms with van der Waals surface area (Å²) in [6, 6.07) is 14.9. The molecule has 0 saturated carbocycles. The number of hydrogen-bond donors (Lipinski definition) is 0. The van der Waals surface area contributed by atoms with Gasteiger partial charge in [0.15, 0.2) is 0 Å². The molecule has 2 aromatic carbocycles. The summed E-state index contributed by atoms with van der Waals surface area (Å²) in [6.07, 6.45) is 5.49. The zero-order valence-corrected chi connectivity index (χ0v) is 18.0. The zero-order chi connectivity index (χ0) is 19.7. The Morgan fingerprint density at radius 1 is 1.07 bits per heavy atom. The summed E-state index contributed by atoms with van der Waals surface area (Å²) in [6.45, 7) is 6.36. The third-order valence-electron chi connectivity index (χ3n) is 4.66. The van der Waals surface area contributed by atoms with E-state index in [-0.39, 0.29) is 12.0 Å². The van der Waals surface area contributed by atoms with Gasteiger partial charge in [0.1, 0.15) is 0 Å². The van der Waals surface area contributed by atoms with Crippen molar-refractivity contribution in [1.82, 2.24) is 4.31 Å². The minimum absolute atomic E-state index is 0.259. The topological polar surface area (TPSA) is 37.4 Å². The van der Waals surface area contributed by atoms with Crippen LogP contribution in [0.5, 0.6) is 0 Å². The molecule has 140 valence electrons. The first kappa shape index (κ1) is 19.7. The largest absolute Gasteiger partial charge is 0.269 e. The molecule has 0 radical (unpaired) electrons. The van der Waals surface area contributed by atoms with Gasteiger partial charge in [-0.25, -0.2) is 8.42 Å². The maximum atomic E-state index is 13.0. The predicted octanol–water partition coefficient (Wildman–Crippen LogP) is 5.54. The SMILES string of the molecule is Cc1ccc(S(=O)(=O)N2C=CC(C)(C)C(=C=Cc3ccc(Br)cc3)C2)cc1. The number of aryl methyl sites for hydroxylation is 1. The fourth-order valence-corrected chi connectivity index (χ4v) is 4.29. The number of nitrogens with zero attached hydrogens (tertiary/aromatic N) is 1. The van der Waals surface area contributed by atoms with Crippen molar-refractivity contribution in [3.63, 3.8) is 0 Å². The average Bonchev–Trinajstić information content (AvgIpc) is 2.62. The van der Waals surface area contributed by atoms with Gasteiger partial charge in [-0.05, 0) is 42.8 Å². The van der Waals surface area contributed by atoms with E-state index >= 15 is 0 Å². The molecule has 0 amide bonds. The monoisotopic (exact) mass is 443 g/mol. The molecule has 0 saturated heterocycles. The Kier molecular flexibility index (Phi) is 5.48. The van der Waals surface area contributed by atoms with Crippen molar-refractivity contribution >= 4 is 32.0 Å². The molecule has 0 fully saturated rings. The van der Waals surface area contributed by atoms with Gasteiger partial charge in [0, 0.05) is 21.7 Å². The van der Waals surface area contributed by atoms with Crippen molar-refractivity contribution in [3.05, 3.63) is 87.7 Å². The molecule has 1 aliphatic heterocycles. The van der Waals surface area contributed by atoms with Crippen molar-refractivity contribution in [3.8, 4) is 0 Å². The minimum atomic E-state index is -3.58. The normalized spacial score (nSPS) is 16.1. The van der Waals surface area contributed by atoms with Crippen LogP contribution in [0.3, 0.4) is 0 Å². The Morgan fingerprint density at radius 3 is 2.33 bits per heavy atom. The first-order valence-corrected chi connectivity index (χ1v) is 10.9. The molecule has 3 nitrogen and oxygen atoms in total. The Labute approximate surface area is 169 Å². The van der Waals surface area contributed by atoms with Gasteiger partial charge in [0.25, 0.3) is 10.0 Å². The molecule has 2 aromatic rings. The third kappa shape index (κ3) is 4.44. The van der Waals surface area contributed by atoms with Crippen LogP contribution in [0, 0.1) is 12.3 Å². The molecule has 0 N–H and O–H groups in total. The summed E-state index contributed by atoms with van der Waals surface area (Å²) in [7, 11) is -3.58. The second kappa shape index (κ2) is 7.51. The third-order valence-corrected chi connectivity index (χ3v) is 6.92. The first-order valence-electron chi connectivity index (χ1n) is 8.68. The molecule has 3 rings (SSSR count). The predicted molar refractivity (Wildman–Crippen MR) is 114 cm³/mol. The highest BCUT2D eigenvalue weighted by molar-refractivity contribution is 9.10. The Morgan fingerprint density at radius 2 is 1.70 bits per heavy atom. The van der Waals surface area contributed by atoms with Crippen LogP contribution in [0.4, 0.5) is 0 Å². The van der Waals surface area contributed by atoms with E-state index in [9.17, 15) is 8.42 Å². The Bertz CT molecular complexity index is 1030. The molecular formula is C22H22BrNO2S. The maximum Gasteiger partial charge on any atom is 0.264 e. The van der Waals surface area contributed by atoms with E-state index in [1.807, 2.05) is 55.5 Å². The summed E-state index contributed by atoms with van der Waals surface area (Å²) in [5.74, 6) is 0. The van der Waals surface area contributed by atoms with Gasteiger partial charge < -0.3 is 0 Å². The van der Waals surface area contributed by atoms with Gasteiger partial charge in [0.05, 0.1) is 11.4 Å². The van der Waals surface area contributed by atoms with Crippen molar-refractivity contribution in [2.45, 2.75) is 25.7 Å².